The Kier molecular flexibility index (Phi) is 5.12. The molecule has 3 aliphatic rings. The smallest absolute Gasteiger partial charge is 0.135 e. The Labute approximate surface area is 201 Å². The third-order valence-corrected chi connectivity index (χ3v) is 7.38. The van der Waals surface area contributed by atoms with Gasteiger partial charge in [0.25, 0.3) is 0 Å². The van der Waals surface area contributed by atoms with Crippen LogP contribution in [0.2, 0.25) is 0 Å². The first-order chi connectivity index (χ1) is 16.5. The van der Waals surface area contributed by atoms with Gasteiger partial charge >= 0.3 is 0 Å². The summed E-state index contributed by atoms with van der Waals surface area (Å²) in [4.78, 5) is 21.2. The number of hydrogen-bond acceptors (Lipinski definition) is 6. The molecule has 6 heteroatoms. The molecule has 1 aliphatic carbocycles. The summed E-state index contributed by atoms with van der Waals surface area (Å²) in [5.41, 5.74) is 9.52. The largest absolute Gasteiger partial charge is 0.491 e. The standard InChI is InChI=1S/C28H31N5O/c1-4-21-13-24-25(32-21)12-19(15-29-24)18-5-6-26-20(11-18)16-33(9-10-34-26)27-22-14-28(2,3)8-7-23(22)30-17-31-27/h5-6,11-12,15,17H,4,7-10,13-14,16H2,1-3H3. The lowest BCUT2D eigenvalue weighted by atomic mass is 9.76. The van der Waals surface area contributed by atoms with Gasteiger partial charge in [-0.3, -0.25) is 9.98 Å². The second kappa shape index (κ2) is 8.19. The molecule has 0 bridgehead atoms. The fraction of sp³-hybridized carbons (Fsp3) is 0.429. The highest BCUT2D eigenvalue weighted by Gasteiger charge is 2.30. The predicted octanol–water partition coefficient (Wildman–Crippen LogP) is 5.49. The Morgan fingerprint density at radius 1 is 1.06 bits per heavy atom. The fourth-order valence-corrected chi connectivity index (χ4v) is 5.37. The molecule has 1 aromatic carbocycles. The van der Waals surface area contributed by atoms with Crippen molar-refractivity contribution in [1.29, 1.82) is 0 Å². The van der Waals surface area contributed by atoms with Crippen LogP contribution in [0.1, 0.15) is 56.1 Å². The van der Waals surface area contributed by atoms with Crippen LogP contribution < -0.4 is 9.64 Å². The highest BCUT2D eigenvalue weighted by Crippen LogP contribution is 2.39. The van der Waals surface area contributed by atoms with Gasteiger partial charge in [0.05, 0.1) is 17.9 Å². The van der Waals surface area contributed by atoms with Crippen LogP contribution in [0.4, 0.5) is 11.5 Å². The number of benzene rings is 1. The van der Waals surface area contributed by atoms with Crippen molar-refractivity contribution in [2.24, 2.45) is 10.4 Å². The number of pyridine rings is 1. The van der Waals surface area contributed by atoms with E-state index in [0.717, 1.165) is 72.8 Å². The zero-order valence-electron chi connectivity index (χ0n) is 20.3. The van der Waals surface area contributed by atoms with E-state index in [9.17, 15) is 0 Å². The molecule has 0 saturated heterocycles. The van der Waals surface area contributed by atoms with Crippen molar-refractivity contribution in [3.05, 3.63) is 59.3 Å². The SMILES string of the molecule is CCC1=Nc2cc(-c3ccc4c(c3)CN(c3ncnc5c3CC(C)(C)CC5)CCO4)cnc2C1. The zero-order valence-corrected chi connectivity index (χ0v) is 20.3. The molecule has 0 amide bonds. The summed E-state index contributed by atoms with van der Waals surface area (Å²) in [7, 11) is 0. The minimum atomic E-state index is 0.278. The molecule has 6 rings (SSSR count). The Morgan fingerprint density at radius 2 is 1.97 bits per heavy atom. The zero-order chi connectivity index (χ0) is 23.3. The van der Waals surface area contributed by atoms with Crippen molar-refractivity contribution in [1.82, 2.24) is 15.0 Å². The van der Waals surface area contributed by atoms with Crippen molar-refractivity contribution in [2.75, 3.05) is 18.1 Å². The number of hydrogen-bond donors (Lipinski definition) is 0. The van der Waals surface area contributed by atoms with Crippen molar-refractivity contribution in [3.8, 4) is 16.9 Å². The van der Waals surface area contributed by atoms with E-state index in [1.54, 1.807) is 6.33 Å². The van der Waals surface area contributed by atoms with Gasteiger partial charge in [-0.15, -0.1) is 0 Å². The van der Waals surface area contributed by atoms with Gasteiger partial charge in [-0.25, -0.2) is 9.97 Å². The molecule has 6 nitrogen and oxygen atoms in total. The average molecular weight is 454 g/mol. The molecule has 3 aromatic rings. The first-order valence-electron chi connectivity index (χ1n) is 12.4. The molecule has 0 spiro atoms. The van der Waals surface area contributed by atoms with Gasteiger partial charge in [-0.1, -0.05) is 26.8 Å². The second-order valence-corrected chi connectivity index (χ2v) is 10.5. The van der Waals surface area contributed by atoms with Gasteiger partial charge in [0.2, 0.25) is 0 Å². The number of rotatable bonds is 3. The topological polar surface area (TPSA) is 63.5 Å². The van der Waals surface area contributed by atoms with Gasteiger partial charge in [0.15, 0.2) is 0 Å². The molecule has 0 unspecified atom stereocenters. The Balaban J connectivity index is 1.33. The number of aryl methyl sites for hydroxylation is 1. The molecule has 0 radical (unpaired) electrons. The molecule has 0 N–H and O–H groups in total. The fourth-order valence-electron chi connectivity index (χ4n) is 5.37. The van der Waals surface area contributed by atoms with Crippen molar-refractivity contribution >= 4 is 17.2 Å². The predicted molar refractivity (Wildman–Crippen MR) is 135 cm³/mol. The van der Waals surface area contributed by atoms with Gasteiger partial charge in [-0.2, -0.15) is 0 Å². The minimum Gasteiger partial charge on any atom is -0.491 e. The molecule has 0 saturated carbocycles. The Hall–Kier alpha value is -3.28. The first kappa shape index (κ1) is 21.3. The average Bonchev–Trinajstić information content (AvgIpc) is 3.14. The Morgan fingerprint density at radius 3 is 2.85 bits per heavy atom. The van der Waals surface area contributed by atoms with E-state index in [0.29, 0.717) is 6.61 Å². The maximum Gasteiger partial charge on any atom is 0.135 e. The molecule has 2 aromatic heterocycles. The van der Waals surface area contributed by atoms with Crippen LogP contribution in [-0.2, 0) is 25.8 Å². The van der Waals surface area contributed by atoms with Gasteiger partial charge in [0, 0.05) is 47.3 Å². The lowest BCUT2D eigenvalue weighted by Gasteiger charge is -2.33. The summed E-state index contributed by atoms with van der Waals surface area (Å²) in [5, 5.41) is 0. The number of fused-ring (bicyclic) bond motifs is 3. The van der Waals surface area contributed by atoms with E-state index in [1.807, 2.05) is 6.20 Å². The van der Waals surface area contributed by atoms with Crippen LogP contribution in [-0.4, -0.2) is 33.8 Å². The van der Waals surface area contributed by atoms with E-state index >= 15 is 0 Å². The molecule has 0 atom stereocenters. The summed E-state index contributed by atoms with van der Waals surface area (Å²) < 4.78 is 6.16. The first-order valence-corrected chi connectivity index (χ1v) is 12.4. The number of ether oxygens (including phenoxy) is 1. The summed E-state index contributed by atoms with van der Waals surface area (Å²) in [5.74, 6) is 2.02. The quantitative estimate of drug-likeness (QED) is 0.525. The van der Waals surface area contributed by atoms with Crippen molar-refractivity contribution < 1.29 is 4.74 Å². The van der Waals surface area contributed by atoms with Crippen molar-refractivity contribution in [2.45, 2.75) is 59.4 Å². The number of anilines is 1. The minimum absolute atomic E-state index is 0.278. The molecular formula is C28H31N5O. The summed E-state index contributed by atoms with van der Waals surface area (Å²) in [6.45, 7) is 9.06. The lowest BCUT2D eigenvalue weighted by Crippen LogP contribution is -2.31. The normalized spacial score (nSPS) is 18.3. The maximum absolute atomic E-state index is 6.16. The van der Waals surface area contributed by atoms with E-state index in [2.05, 4.69) is 54.9 Å². The van der Waals surface area contributed by atoms with Crippen molar-refractivity contribution in [3.63, 3.8) is 0 Å². The van der Waals surface area contributed by atoms with Gasteiger partial charge in [0.1, 0.15) is 24.5 Å². The van der Waals surface area contributed by atoms with E-state index in [-0.39, 0.29) is 5.41 Å². The van der Waals surface area contributed by atoms with E-state index in [1.165, 1.54) is 29.0 Å². The van der Waals surface area contributed by atoms with Gasteiger partial charge < -0.3 is 9.64 Å². The third-order valence-electron chi connectivity index (χ3n) is 7.38. The molecule has 174 valence electrons. The highest BCUT2D eigenvalue weighted by atomic mass is 16.5. The van der Waals surface area contributed by atoms with E-state index in [4.69, 9.17) is 19.7 Å². The van der Waals surface area contributed by atoms with Crippen LogP contribution in [0.15, 0.2) is 41.8 Å². The van der Waals surface area contributed by atoms with Crippen LogP contribution in [0.25, 0.3) is 11.1 Å². The highest BCUT2D eigenvalue weighted by molar-refractivity contribution is 5.93. The maximum atomic E-state index is 6.16. The molecular weight excluding hydrogens is 422 g/mol. The lowest BCUT2D eigenvalue weighted by molar-refractivity contribution is 0.310. The Bertz CT molecular complexity index is 1300. The molecule has 0 fully saturated rings. The third kappa shape index (κ3) is 3.85. The number of aromatic nitrogens is 3. The summed E-state index contributed by atoms with van der Waals surface area (Å²) in [6, 6.07) is 8.64. The second-order valence-electron chi connectivity index (χ2n) is 10.5. The van der Waals surface area contributed by atoms with Gasteiger partial charge in [-0.05, 0) is 54.9 Å². The van der Waals surface area contributed by atoms with Crippen LogP contribution in [0.5, 0.6) is 5.75 Å². The van der Waals surface area contributed by atoms with Crippen LogP contribution in [0, 0.1) is 5.41 Å². The van der Waals surface area contributed by atoms with Crippen LogP contribution >= 0.6 is 0 Å². The van der Waals surface area contributed by atoms with Crippen LogP contribution in [0.3, 0.4) is 0 Å². The molecule has 34 heavy (non-hydrogen) atoms. The number of aliphatic imine (C=N–C) groups is 1. The summed E-state index contributed by atoms with van der Waals surface area (Å²) >= 11 is 0. The summed E-state index contributed by atoms with van der Waals surface area (Å²) in [6.07, 6.45) is 8.77. The molecule has 2 aliphatic heterocycles. The number of nitrogens with zero attached hydrogens (tertiary/aromatic N) is 5. The molecule has 4 heterocycles. The van der Waals surface area contributed by atoms with E-state index < -0.39 is 0 Å². The monoisotopic (exact) mass is 453 g/mol.